The highest BCUT2D eigenvalue weighted by atomic mass is 32.1. The van der Waals surface area contributed by atoms with E-state index in [0.29, 0.717) is 15.4 Å². The van der Waals surface area contributed by atoms with Gasteiger partial charge in [0, 0.05) is 15.6 Å². The van der Waals surface area contributed by atoms with Gasteiger partial charge in [-0.2, -0.15) is 0 Å². The van der Waals surface area contributed by atoms with Crippen LogP contribution < -0.4 is 5.32 Å². The number of rotatable bonds is 8. The lowest BCUT2D eigenvalue weighted by Crippen LogP contribution is -2.15. The van der Waals surface area contributed by atoms with Gasteiger partial charge in [0.2, 0.25) is 0 Å². The fourth-order valence-electron chi connectivity index (χ4n) is 3.93. The second-order valence-corrected chi connectivity index (χ2v) is 9.67. The molecule has 4 aromatic rings. The van der Waals surface area contributed by atoms with Gasteiger partial charge in [-0.3, -0.25) is 4.79 Å². The van der Waals surface area contributed by atoms with Crippen LogP contribution in [0.4, 0.5) is 5.00 Å². The van der Waals surface area contributed by atoms with E-state index in [0.717, 1.165) is 46.0 Å². The number of benzene rings is 2. The summed E-state index contributed by atoms with van der Waals surface area (Å²) in [5.41, 5.74) is 4.42. The van der Waals surface area contributed by atoms with Crippen LogP contribution >= 0.6 is 22.7 Å². The van der Waals surface area contributed by atoms with E-state index in [1.807, 2.05) is 35.7 Å². The van der Waals surface area contributed by atoms with Crippen LogP contribution in [-0.2, 0) is 17.6 Å². The number of fused-ring (bicyclic) bond motifs is 1. The van der Waals surface area contributed by atoms with Gasteiger partial charge in [-0.25, -0.2) is 4.79 Å². The number of hydrogen-bond donors (Lipinski definition) is 1. The molecule has 1 N–H and O–H groups in total. The minimum atomic E-state index is -0.422. The molecule has 0 saturated carbocycles. The molecule has 0 saturated heterocycles. The summed E-state index contributed by atoms with van der Waals surface area (Å²) in [5, 5.41) is 6.59. The van der Waals surface area contributed by atoms with E-state index in [1.165, 1.54) is 28.2 Å². The lowest BCUT2D eigenvalue weighted by atomic mass is 10.0. The maximum absolute atomic E-state index is 13.4. The van der Waals surface area contributed by atoms with Crippen molar-refractivity contribution in [1.82, 2.24) is 0 Å². The van der Waals surface area contributed by atoms with Crippen molar-refractivity contribution in [1.29, 1.82) is 0 Å². The molecule has 4 rings (SSSR count). The standard InChI is InChI=1S/C27H27NO3S2/c1-4-9-20-19-10-7-8-11-22(19)33-24(20)25(29)28-26-23(27(30)31-6-3)21(16-32-26)18-14-12-17(5-2)13-15-18/h7-8,10-16H,4-6,9H2,1-3H3,(H,28,29). The first-order chi connectivity index (χ1) is 16.1. The van der Waals surface area contributed by atoms with Crippen molar-refractivity contribution in [3.63, 3.8) is 0 Å². The number of nitrogens with one attached hydrogen (secondary N) is 1. The third-order valence-corrected chi connectivity index (χ3v) is 7.68. The fraction of sp³-hybridized carbons (Fsp3) is 0.259. The van der Waals surface area contributed by atoms with Crippen molar-refractivity contribution >= 4 is 49.6 Å². The Balaban J connectivity index is 1.73. The number of ether oxygens (including phenoxy) is 1. The normalized spacial score (nSPS) is 11.0. The van der Waals surface area contributed by atoms with E-state index in [4.69, 9.17) is 4.74 Å². The van der Waals surface area contributed by atoms with E-state index in [9.17, 15) is 9.59 Å². The summed E-state index contributed by atoms with van der Waals surface area (Å²) in [6, 6.07) is 16.3. The topological polar surface area (TPSA) is 55.4 Å². The molecule has 4 nitrogen and oxygen atoms in total. The maximum Gasteiger partial charge on any atom is 0.341 e. The van der Waals surface area contributed by atoms with Crippen molar-refractivity contribution in [2.24, 2.45) is 0 Å². The summed E-state index contributed by atoms with van der Waals surface area (Å²) in [4.78, 5) is 27.0. The average Bonchev–Trinajstić information content (AvgIpc) is 3.41. The molecule has 1 amide bonds. The van der Waals surface area contributed by atoms with Gasteiger partial charge in [0.05, 0.1) is 11.5 Å². The molecule has 170 valence electrons. The number of esters is 1. The van der Waals surface area contributed by atoms with Crippen LogP contribution in [0, 0.1) is 0 Å². The Hall–Kier alpha value is -2.96. The molecule has 0 aliphatic heterocycles. The zero-order chi connectivity index (χ0) is 23.4. The molecule has 6 heteroatoms. The molecule has 0 atom stereocenters. The van der Waals surface area contributed by atoms with Gasteiger partial charge >= 0.3 is 5.97 Å². The van der Waals surface area contributed by atoms with E-state index < -0.39 is 5.97 Å². The van der Waals surface area contributed by atoms with Crippen molar-refractivity contribution in [3.05, 3.63) is 75.5 Å². The van der Waals surface area contributed by atoms with Gasteiger partial charge in [-0.05, 0) is 47.9 Å². The van der Waals surface area contributed by atoms with E-state index in [1.54, 1.807) is 6.92 Å². The number of anilines is 1. The van der Waals surface area contributed by atoms with Gasteiger partial charge in [0.15, 0.2) is 0 Å². The van der Waals surface area contributed by atoms with E-state index in [2.05, 4.69) is 37.4 Å². The lowest BCUT2D eigenvalue weighted by Gasteiger charge is -2.09. The van der Waals surface area contributed by atoms with Crippen LogP contribution in [0.1, 0.15) is 58.3 Å². The van der Waals surface area contributed by atoms with Gasteiger partial charge in [-0.15, -0.1) is 22.7 Å². The first kappa shape index (κ1) is 23.2. The number of amides is 1. The molecule has 0 unspecified atom stereocenters. The SMILES string of the molecule is CCCc1c(C(=O)Nc2scc(-c3ccc(CC)cc3)c2C(=O)OCC)sc2ccccc12. The molecule has 0 fully saturated rings. The minimum Gasteiger partial charge on any atom is -0.462 e. The average molecular weight is 478 g/mol. The number of carbonyl (C=O) groups excluding carboxylic acids is 2. The molecule has 33 heavy (non-hydrogen) atoms. The van der Waals surface area contributed by atoms with Crippen LogP contribution in [0.5, 0.6) is 0 Å². The van der Waals surface area contributed by atoms with Crippen molar-refractivity contribution < 1.29 is 14.3 Å². The molecule has 2 heterocycles. The summed E-state index contributed by atoms with van der Waals surface area (Å²) in [5.74, 6) is -0.603. The van der Waals surface area contributed by atoms with E-state index >= 15 is 0 Å². The number of aryl methyl sites for hydroxylation is 2. The first-order valence-electron chi connectivity index (χ1n) is 11.3. The predicted molar refractivity (Wildman–Crippen MR) is 139 cm³/mol. The second kappa shape index (κ2) is 10.3. The van der Waals surface area contributed by atoms with Crippen molar-refractivity contribution in [2.75, 3.05) is 11.9 Å². The first-order valence-corrected chi connectivity index (χ1v) is 13.0. The lowest BCUT2D eigenvalue weighted by molar-refractivity contribution is 0.0529. The molecule has 2 aromatic heterocycles. The summed E-state index contributed by atoms with van der Waals surface area (Å²) < 4.78 is 6.45. The Morgan fingerprint density at radius 1 is 1.00 bits per heavy atom. The van der Waals surface area contributed by atoms with Gasteiger partial charge in [-0.1, -0.05) is 62.7 Å². The Kier molecular flexibility index (Phi) is 7.26. The molecular formula is C27H27NO3S2. The Bertz CT molecular complexity index is 1280. The van der Waals surface area contributed by atoms with Crippen LogP contribution in [0.25, 0.3) is 21.2 Å². The minimum absolute atomic E-state index is 0.181. The largest absolute Gasteiger partial charge is 0.462 e. The molecule has 0 spiro atoms. The third-order valence-electron chi connectivity index (χ3n) is 5.58. The van der Waals surface area contributed by atoms with Crippen LogP contribution in [0.15, 0.2) is 53.9 Å². The third kappa shape index (κ3) is 4.72. The fourth-order valence-corrected chi connectivity index (χ4v) is 6.03. The highest BCUT2D eigenvalue weighted by Crippen LogP contribution is 2.38. The predicted octanol–water partition coefficient (Wildman–Crippen LogP) is 7.57. The molecule has 0 radical (unpaired) electrons. The zero-order valence-electron chi connectivity index (χ0n) is 19.1. The summed E-state index contributed by atoms with van der Waals surface area (Å²) in [7, 11) is 0. The van der Waals surface area contributed by atoms with Crippen LogP contribution in [-0.4, -0.2) is 18.5 Å². The Morgan fingerprint density at radius 3 is 2.45 bits per heavy atom. The monoisotopic (exact) mass is 477 g/mol. The summed E-state index contributed by atoms with van der Waals surface area (Å²) in [6.45, 7) is 6.28. The molecule has 0 aliphatic carbocycles. The maximum atomic E-state index is 13.4. The highest BCUT2D eigenvalue weighted by Gasteiger charge is 2.25. The molecular weight excluding hydrogens is 450 g/mol. The summed E-state index contributed by atoms with van der Waals surface area (Å²) >= 11 is 2.86. The van der Waals surface area contributed by atoms with E-state index in [-0.39, 0.29) is 12.5 Å². The summed E-state index contributed by atoms with van der Waals surface area (Å²) in [6.07, 6.45) is 2.73. The smallest absolute Gasteiger partial charge is 0.341 e. The highest BCUT2D eigenvalue weighted by molar-refractivity contribution is 7.21. The number of hydrogen-bond acceptors (Lipinski definition) is 5. The second-order valence-electron chi connectivity index (χ2n) is 7.73. The van der Waals surface area contributed by atoms with Crippen LogP contribution in [0.2, 0.25) is 0 Å². The molecule has 2 aromatic carbocycles. The van der Waals surface area contributed by atoms with Gasteiger partial charge < -0.3 is 10.1 Å². The van der Waals surface area contributed by atoms with Gasteiger partial charge in [0.25, 0.3) is 5.91 Å². The Labute approximate surface area is 202 Å². The quantitative estimate of drug-likeness (QED) is 0.266. The number of thiophene rings is 2. The van der Waals surface area contributed by atoms with Crippen LogP contribution in [0.3, 0.4) is 0 Å². The number of carbonyl (C=O) groups is 2. The zero-order valence-corrected chi connectivity index (χ0v) is 20.7. The van der Waals surface area contributed by atoms with Crippen molar-refractivity contribution in [3.8, 4) is 11.1 Å². The van der Waals surface area contributed by atoms with Gasteiger partial charge in [0.1, 0.15) is 10.6 Å². The molecule has 0 aliphatic rings. The Morgan fingerprint density at radius 2 is 1.76 bits per heavy atom. The van der Waals surface area contributed by atoms with Crippen molar-refractivity contribution in [2.45, 2.75) is 40.0 Å². The molecule has 0 bridgehead atoms.